The molecule has 0 aliphatic rings. The minimum atomic E-state index is -0.0819. The van der Waals surface area contributed by atoms with Crippen molar-refractivity contribution in [2.45, 2.75) is 26.5 Å². The van der Waals surface area contributed by atoms with Gasteiger partial charge in [0.1, 0.15) is 6.10 Å². The van der Waals surface area contributed by atoms with Crippen LogP contribution in [0, 0.1) is 0 Å². The molecule has 1 unspecified atom stereocenters. The van der Waals surface area contributed by atoms with Crippen molar-refractivity contribution in [3.63, 3.8) is 0 Å². The quantitative estimate of drug-likeness (QED) is 0.470. The Bertz CT molecular complexity index is 795. The Hall–Kier alpha value is -3.09. The van der Waals surface area contributed by atoms with Gasteiger partial charge >= 0.3 is 0 Å². The summed E-state index contributed by atoms with van der Waals surface area (Å²) < 4.78 is 22.2. The van der Waals surface area contributed by atoms with Crippen molar-refractivity contribution in [2.24, 2.45) is 4.99 Å². The van der Waals surface area contributed by atoms with Crippen molar-refractivity contribution in [3.05, 3.63) is 48.0 Å². The van der Waals surface area contributed by atoms with Gasteiger partial charge in [0, 0.05) is 12.1 Å². The Balaban J connectivity index is 2.01. The molecule has 0 saturated heterocycles. The van der Waals surface area contributed by atoms with Gasteiger partial charge in [-0.15, -0.1) is 0 Å². The molecule has 0 amide bonds. The maximum atomic E-state index is 5.99. The molecule has 0 aromatic heterocycles. The number of benzene rings is 2. The number of rotatable bonds is 10. The number of para-hydroxylation sites is 3. The van der Waals surface area contributed by atoms with Crippen molar-refractivity contribution in [2.75, 3.05) is 34.4 Å². The van der Waals surface area contributed by atoms with Gasteiger partial charge in [0.05, 0.1) is 34.4 Å². The third kappa shape index (κ3) is 6.48. The molecule has 2 aromatic carbocycles. The maximum Gasteiger partial charge on any atom is 0.191 e. The molecule has 0 fully saturated rings. The number of guanidine groups is 1. The fourth-order valence-corrected chi connectivity index (χ4v) is 2.80. The van der Waals surface area contributed by atoms with Crippen LogP contribution in [0.2, 0.25) is 0 Å². The molecule has 29 heavy (non-hydrogen) atoms. The SMILES string of the molecule is CCNC(=NCc1cccc(OC)c1OC)NCC(C)Oc1ccccc1OC. The lowest BCUT2D eigenvalue weighted by Crippen LogP contribution is -2.41. The third-order valence-corrected chi connectivity index (χ3v) is 4.19. The average Bonchev–Trinajstić information content (AvgIpc) is 2.75. The predicted octanol–water partition coefficient (Wildman–Crippen LogP) is 3.24. The van der Waals surface area contributed by atoms with Gasteiger partial charge < -0.3 is 29.6 Å². The summed E-state index contributed by atoms with van der Waals surface area (Å²) in [5, 5.41) is 6.56. The van der Waals surface area contributed by atoms with Crippen LogP contribution in [0.15, 0.2) is 47.5 Å². The summed E-state index contributed by atoms with van der Waals surface area (Å²) in [6, 6.07) is 13.4. The fourth-order valence-electron chi connectivity index (χ4n) is 2.80. The average molecular weight is 402 g/mol. The Kier molecular flexibility index (Phi) is 8.95. The van der Waals surface area contributed by atoms with Crippen molar-refractivity contribution < 1.29 is 18.9 Å². The lowest BCUT2D eigenvalue weighted by Gasteiger charge is -2.19. The number of hydrogen-bond donors (Lipinski definition) is 2. The number of methoxy groups -OCH3 is 3. The van der Waals surface area contributed by atoms with E-state index in [9.17, 15) is 0 Å². The van der Waals surface area contributed by atoms with Crippen LogP contribution in [0.5, 0.6) is 23.0 Å². The van der Waals surface area contributed by atoms with Crippen LogP contribution in [0.25, 0.3) is 0 Å². The van der Waals surface area contributed by atoms with E-state index in [1.807, 2.05) is 56.3 Å². The molecule has 7 heteroatoms. The highest BCUT2D eigenvalue weighted by atomic mass is 16.5. The van der Waals surface area contributed by atoms with Gasteiger partial charge in [-0.1, -0.05) is 24.3 Å². The molecule has 0 heterocycles. The Labute approximate surface area is 173 Å². The van der Waals surface area contributed by atoms with E-state index in [-0.39, 0.29) is 6.10 Å². The molecule has 2 aromatic rings. The molecule has 0 aliphatic carbocycles. The monoisotopic (exact) mass is 401 g/mol. The normalized spacial score (nSPS) is 12.1. The summed E-state index contributed by atoms with van der Waals surface area (Å²) in [6.07, 6.45) is -0.0819. The second kappa shape index (κ2) is 11.7. The number of hydrogen-bond acceptors (Lipinski definition) is 5. The van der Waals surface area contributed by atoms with Crippen molar-refractivity contribution in [3.8, 4) is 23.0 Å². The van der Waals surface area contributed by atoms with E-state index in [1.54, 1.807) is 21.3 Å². The van der Waals surface area contributed by atoms with Crippen LogP contribution in [0.3, 0.4) is 0 Å². The molecule has 158 valence electrons. The third-order valence-electron chi connectivity index (χ3n) is 4.19. The molecule has 7 nitrogen and oxygen atoms in total. The van der Waals surface area contributed by atoms with Gasteiger partial charge in [-0.3, -0.25) is 0 Å². The highest BCUT2D eigenvalue weighted by Crippen LogP contribution is 2.31. The molecule has 0 saturated carbocycles. The summed E-state index contributed by atoms with van der Waals surface area (Å²) in [7, 11) is 4.89. The van der Waals surface area contributed by atoms with Crippen LogP contribution < -0.4 is 29.6 Å². The second-order valence-electron chi connectivity index (χ2n) is 6.31. The van der Waals surface area contributed by atoms with Gasteiger partial charge in [0.2, 0.25) is 0 Å². The van der Waals surface area contributed by atoms with Crippen LogP contribution in [0.4, 0.5) is 0 Å². The van der Waals surface area contributed by atoms with Crippen molar-refractivity contribution in [1.29, 1.82) is 0 Å². The summed E-state index contributed by atoms with van der Waals surface area (Å²) in [5.41, 5.74) is 0.947. The Morgan fingerprint density at radius 2 is 1.59 bits per heavy atom. The summed E-state index contributed by atoms with van der Waals surface area (Å²) in [4.78, 5) is 4.66. The predicted molar refractivity (Wildman–Crippen MR) is 115 cm³/mol. The van der Waals surface area contributed by atoms with Crippen LogP contribution in [-0.2, 0) is 6.54 Å². The van der Waals surface area contributed by atoms with E-state index >= 15 is 0 Å². The summed E-state index contributed by atoms with van der Waals surface area (Å²) in [6.45, 7) is 5.81. The minimum Gasteiger partial charge on any atom is -0.493 e. The topological polar surface area (TPSA) is 73.3 Å². The molecule has 1 atom stereocenters. The lowest BCUT2D eigenvalue weighted by atomic mass is 10.2. The van der Waals surface area contributed by atoms with Gasteiger partial charge in [-0.2, -0.15) is 0 Å². The number of ether oxygens (including phenoxy) is 4. The molecular formula is C22H31N3O4. The number of nitrogens with zero attached hydrogens (tertiary/aromatic N) is 1. The maximum absolute atomic E-state index is 5.99. The Morgan fingerprint density at radius 1 is 0.897 bits per heavy atom. The van der Waals surface area contributed by atoms with Gasteiger partial charge in [-0.25, -0.2) is 4.99 Å². The van der Waals surface area contributed by atoms with Gasteiger partial charge in [0.15, 0.2) is 29.0 Å². The smallest absolute Gasteiger partial charge is 0.191 e. The second-order valence-corrected chi connectivity index (χ2v) is 6.31. The zero-order valence-corrected chi connectivity index (χ0v) is 17.8. The number of nitrogens with one attached hydrogen (secondary N) is 2. The Morgan fingerprint density at radius 3 is 2.24 bits per heavy atom. The van der Waals surface area contributed by atoms with E-state index in [4.69, 9.17) is 18.9 Å². The van der Waals surface area contributed by atoms with E-state index < -0.39 is 0 Å². The fraction of sp³-hybridized carbons (Fsp3) is 0.409. The van der Waals surface area contributed by atoms with E-state index in [0.29, 0.717) is 42.0 Å². The van der Waals surface area contributed by atoms with Gasteiger partial charge in [0.25, 0.3) is 0 Å². The highest BCUT2D eigenvalue weighted by Gasteiger charge is 2.11. The molecule has 2 N–H and O–H groups in total. The van der Waals surface area contributed by atoms with Crippen LogP contribution in [-0.4, -0.2) is 46.5 Å². The minimum absolute atomic E-state index is 0.0819. The molecular weight excluding hydrogens is 370 g/mol. The molecule has 0 radical (unpaired) electrons. The molecule has 0 aliphatic heterocycles. The standard InChI is InChI=1S/C22H31N3O4/c1-6-23-22(25-15-17-10-9-13-20(27-4)21(17)28-5)24-14-16(2)29-19-12-8-7-11-18(19)26-3/h7-13,16H,6,14-15H2,1-5H3,(H2,23,24,25). The van der Waals surface area contributed by atoms with Crippen molar-refractivity contribution >= 4 is 5.96 Å². The van der Waals surface area contributed by atoms with Crippen molar-refractivity contribution in [1.82, 2.24) is 10.6 Å². The first-order valence-electron chi connectivity index (χ1n) is 9.64. The first kappa shape index (κ1) is 22.2. The van der Waals surface area contributed by atoms with E-state index in [2.05, 4.69) is 15.6 Å². The largest absolute Gasteiger partial charge is 0.493 e. The number of aliphatic imine (C=N–C) groups is 1. The summed E-state index contributed by atoms with van der Waals surface area (Å²) >= 11 is 0. The highest BCUT2D eigenvalue weighted by molar-refractivity contribution is 5.79. The zero-order valence-electron chi connectivity index (χ0n) is 17.8. The first-order valence-corrected chi connectivity index (χ1v) is 9.64. The van der Waals surface area contributed by atoms with Crippen LogP contribution in [0.1, 0.15) is 19.4 Å². The van der Waals surface area contributed by atoms with E-state index in [1.165, 1.54) is 0 Å². The zero-order chi connectivity index (χ0) is 21.1. The van der Waals surface area contributed by atoms with E-state index in [0.717, 1.165) is 12.1 Å². The van der Waals surface area contributed by atoms with Gasteiger partial charge in [-0.05, 0) is 32.0 Å². The molecule has 0 spiro atoms. The molecule has 0 bridgehead atoms. The first-order chi connectivity index (χ1) is 14.1. The molecule has 2 rings (SSSR count). The lowest BCUT2D eigenvalue weighted by molar-refractivity contribution is 0.213. The van der Waals surface area contributed by atoms with Crippen LogP contribution >= 0.6 is 0 Å². The summed E-state index contributed by atoms with van der Waals surface area (Å²) in [5.74, 6) is 3.52.